The molecule has 1 aromatic rings. The molecule has 0 atom stereocenters. The molecule has 0 aliphatic rings. The Morgan fingerprint density at radius 2 is 2.21 bits per heavy atom. The Morgan fingerprint density at radius 3 is 2.84 bits per heavy atom. The van der Waals surface area contributed by atoms with E-state index in [0.717, 1.165) is 18.7 Å². The second-order valence-corrected chi connectivity index (χ2v) is 4.40. The average molecular weight is 265 g/mol. The fourth-order valence-corrected chi connectivity index (χ4v) is 1.84. The van der Waals surface area contributed by atoms with Gasteiger partial charge in [-0.2, -0.15) is 0 Å². The van der Waals surface area contributed by atoms with E-state index >= 15 is 0 Å². The van der Waals surface area contributed by atoms with Crippen LogP contribution in [-0.4, -0.2) is 39.8 Å². The lowest BCUT2D eigenvalue weighted by Crippen LogP contribution is -2.24. The van der Waals surface area contributed by atoms with Crippen molar-refractivity contribution in [1.82, 2.24) is 5.32 Å². The highest BCUT2D eigenvalue weighted by Crippen LogP contribution is 2.23. The molecule has 0 aliphatic heterocycles. The first-order chi connectivity index (χ1) is 9.10. The molecule has 0 unspecified atom stereocenters. The Kier molecular flexibility index (Phi) is 6.15. The van der Waals surface area contributed by atoms with Crippen molar-refractivity contribution in [2.24, 2.45) is 0 Å². The monoisotopic (exact) mass is 265 g/mol. The molecule has 1 rings (SSSR count). The summed E-state index contributed by atoms with van der Waals surface area (Å²) in [6.07, 6.45) is 0.915. The topological polar surface area (TPSA) is 67.6 Å². The lowest BCUT2D eigenvalue weighted by Gasteiger charge is -2.21. The zero-order valence-electron chi connectivity index (χ0n) is 11.9. The van der Waals surface area contributed by atoms with Crippen molar-refractivity contribution in [2.45, 2.75) is 13.3 Å². The SMILES string of the molecule is CCNC(=O)c1ccc(N)c(N(C)CCCOC)c1. The number of nitrogens with two attached hydrogens (primary N) is 1. The fraction of sp³-hybridized carbons (Fsp3) is 0.500. The van der Waals surface area contributed by atoms with Crippen LogP contribution in [0.1, 0.15) is 23.7 Å². The minimum atomic E-state index is -0.0750. The molecule has 19 heavy (non-hydrogen) atoms. The number of benzene rings is 1. The zero-order chi connectivity index (χ0) is 14.3. The number of methoxy groups -OCH3 is 1. The molecule has 0 aliphatic carbocycles. The van der Waals surface area contributed by atoms with Crippen molar-refractivity contribution in [3.63, 3.8) is 0 Å². The third kappa shape index (κ3) is 4.44. The molecular formula is C14H23N3O2. The highest BCUT2D eigenvalue weighted by Gasteiger charge is 2.10. The molecule has 1 aromatic carbocycles. The lowest BCUT2D eigenvalue weighted by atomic mass is 10.1. The van der Waals surface area contributed by atoms with Gasteiger partial charge in [-0.05, 0) is 31.5 Å². The molecule has 0 spiro atoms. The summed E-state index contributed by atoms with van der Waals surface area (Å²) < 4.78 is 5.03. The number of nitrogen functional groups attached to an aromatic ring is 1. The fourth-order valence-electron chi connectivity index (χ4n) is 1.84. The van der Waals surface area contributed by atoms with E-state index in [1.807, 2.05) is 24.9 Å². The highest BCUT2D eigenvalue weighted by molar-refractivity contribution is 5.96. The van der Waals surface area contributed by atoms with Crippen molar-refractivity contribution in [1.29, 1.82) is 0 Å². The van der Waals surface area contributed by atoms with Gasteiger partial charge in [-0.25, -0.2) is 0 Å². The van der Waals surface area contributed by atoms with Crippen molar-refractivity contribution in [3.8, 4) is 0 Å². The van der Waals surface area contributed by atoms with Crippen LogP contribution in [0.15, 0.2) is 18.2 Å². The first kappa shape index (κ1) is 15.3. The molecule has 1 amide bonds. The van der Waals surface area contributed by atoms with Crippen LogP contribution >= 0.6 is 0 Å². The normalized spacial score (nSPS) is 10.3. The van der Waals surface area contributed by atoms with Crippen molar-refractivity contribution >= 4 is 17.3 Å². The van der Waals surface area contributed by atoms with Crippen molar-refractivity contribution < 1.29 is 9.53 Å². The number of hydrogen-bond donors (Lipinski definition) is 2. The van der Waals surface area contributed by atoms with E-state index in [-0.39, 0.29) is 5.91 Å². The highest BCUT2D eigenvalue weighted by atomic mass is 16.5. The minimum Gasteiger partial charge on any atom is -0.397 e. The van der Waals surface area contributed by atoms with E-state index < -0.39 is 0 Å². The van der Waals surface area contributed by atoms with Gasteiger partial charge in [-0.1, -0.05) is 0 Å². The van der Waals surface area contributed by atoms with Crippen molar-refractivity contribution in [2.75, 3.05) is 44.5 Å². The Labute approximate surface area is 114 Å². The summed E-state index contributed by atoms with van der Waals surface area (Å²) in [7, 11) is 3.65. The molecule has 0 aromatic heterocycles. The first-order valence-corrected chi connectivity index (χ1v) is 6.48. The first-order valence-electron chi connectivity index (χ1n) is 6.48. The van der Waals surface area contributed by atoms with E-state index in [2.05, 4.69) is 5.32 Å². The third-order valence-corrected chi connectivity index (χ3v) is 2.88. The molecule has 0 bridgehead atoms. The Hall–Kier alpha value is -1.75. The van der Waals surface area contributed by atoms with Gasteiger partial charge in [0.15, 0.2) is 0 Å². The van der Waals surface area contributed by atoms with Crippen LogP contribution in [0.2, 0.25) is 0 Å². The number of ether oxygens (including phenoxy) is 1. The molecule has 0 saturated carbocycles. The van der Waals surface area contributed by atoms with E-state index in [1.54, 1.807) is 19.2 Å². The molecule has 5 nitrogen and oxygen atoms in total. The maximum atomic E-state index is 11.8. The van der Waals surface area contributed by atoms with Gasteiger partial charge in [0.2, 0.25) is 0 Å². The quantitative estimate of drug-likeness (QED) is 0.579. The lowest BCUT2D eigenvalue weighted by molar-refractivity contribution is 0.0956. The second kappa shape index (κ2) is 7.63. The average Bonchev–Trinajstić information content (AvgIpc) is 2.39. The number of carbonyl (C=O) groups is 1. The van der Waals surface area contributed by atoms with E-state index in [9.17, 15) is 4.79 Å². The summed E-state index contributed by atoms with van der Waals surface area (Å²) >= 11 is 0. The summed E-state index contributed by atoms with van der Waals surface area (Å²) in [6, 6.07) is 5.34. The zero-order valence-corrected chi connectivity index (χ0v) is 11.9. The Morgan fingerprint density at radius 1 is 1.47 bits per heavy atom. The molecule has 5 heteroatoms. The molecule has 0 fully saturated rings. The van der Waals surface area contributed by atoms with E-state index in [0.29, 0.717) is 24.4 Å². The van der Waals surface area contributed by atoms with Crippen LogP contribution in [0, 0.1) is 0 Å². The maximum absolute atomic E-state index is 11.8. The molecular weight excluding hydrogens is 242 g/mol. The van der Waals surface area contributed by atoms with E-state index in [4.69, 9.17) is 10.5 Å². The number of rotatable bonds is 7. The van der Waals surface area contributed by atoms with Crippen LogP contribution in [0.3, 0.4) is 0 Å². The summed E-state index contributed by atoms with van der Waals surface area (Å²) in [5.74, 6) is -0.0750. The van der Waals surface area contributed by atoms with Gasteiger partial charge in [0.05, 0.1) is 11.4 Å². The number of nitrogens with one attached hydrogen (secondary N) is 1. The number of hydrogen-bond acceptors (Lipinski definition) is 4. The second-order valence-electron chi connectivity index (χ2n) is 4.40. The number of nitrogens with zero attached hydrogens (tertiary/aromatic N) is 1. The van der Waals surface area contributed by atoms with Gasteiger partial charge in [-0.15, -0.1) is 0 Å². The molecule has 0 saturated heterocycles. The van der Waals surface area contributed by atoms with Gasteiger partial charge in [0.25, 0.3) is 5.91 Å². The van der Waals surface area contributed by atoms with Crippen LogP contribution in [-0.2, 0) is 4.74 Å². The molecule has 0 radical (unpaired) electrons. The third-order valence-electron chi connectivity index (χ3n) is 2.88. The maximum Gasteiger partial charge on any atom is 0.251 e. The standard InChI is InChI=1S/C14H23N3O2/c1-4-16-14(18)11-6-7-12(15)13(10-11)17(2)8-5-9-19-3/h6-7,10H,4-5,8-9,15H2,1-3H3,(H,16,18). The minimum absolute atomic E-state index is 0.0750. The van der Waals surface area contributed by atoms with Gasteiger partial charge < -0.3 is 20.7 Å². The molecule has 0 heterocycles. The predicted molar refractivity (Wildman–Crippen MR) is 78.6 cm³/mol. The van der Waals surface area contributed by atoms with Gasteiger partial charge in [0.1, 0.15) is 0 Å². The largest absolute Gasteiger partial charge is 0.397 e. The Balaban J connectivity index is 2.81. The van der Waals surface area contributed by atoms with Gasteiger partial charge in [0, 0.05) is 39.4 Å². The number of amides is 1. The van der Waals surface area contributed by atoms with Crippen LogP contribution < -0.4 is 16.0 Å². The molecule has 3 N–H and O–H groups in total. The summed E-state index contributed by atoms with van der Waals surface area (Å²) in [5, 5.41) is 2.78. The van der Waals surface area contributed by atoms with Gasteiger partial charge >= 0.3 is 0 Å². The summed E-state index contributed by atoms with van der Waals surface area (Å²) in [4.78, 5) is 13.8. The van der Waals surface area contributed by atoms with Gasteiger partial charge in [-0.3, -0.25) is 4.79 Å². The number of carbonyl (C=O) groups excluding carboxylic acids is 1. The summed E-state index contributed by atoms with van der Waals surface area (Å²) in [6.45, 7) is 4.05. The number of anilines is 2. The summed E-state index contributed by atoms with van der Waals surface area (Å²) in [5.41, 5.74) is 8.14. The Bertz CT molecular complexity index is 421. The van der Waals surface area contributed by atoms with Crippen LogP contribution in [0.4, 0.5) is 11.4 Å². The van der Waals surface area contributed by atoms with Crippen molar-refractivity contribution in [3.05, 3.63) is 23.8 Å². The molecule has 106 valence electrons. The smallest absolute Gasteiger partial charge is 0.251 e. The van der Waals surface area contributed by atoms with Crippen LogP contribution in [0.5, 0.6) is 0 Å². The van der Waals surface area contributed by atoms with E-state index in [1.165, 1.54) is 0 Å². The van der Waals surface area contributed by atoms with Crippen LogP contribution in [0.25, 0.3) is 0 Å². The predicted octanol–water partition coefficient (Wildman–Crippen LogP) is 1.49.